The van der Waals surface area contributed by atoms with Crippen LogP contribution in [0.15, 0.2) is 54.7 Å². The van der Waals surface area contributed by atoms with Crippen molar-refractivity contribution in [3.05, 3.63) is 66.2 Å². The van der Waals surface area contributed by atoms with Crippen LogP contribution in [0.1, 0.15) is 24.5 Å². The van der Waals surface area contributed by atoms with E-state index in [9.17, 15) is 4.39 Å². The molecule has 0 atom stereocenters. The maximum atomic E-state index is 14.5. The van der Waals surface area contributed by atoms with E-state index in [0.717, 1.165) is 48.1 Å². The number of piperidine rings is 1. The van der Waals surface area contributed by atoms with E-state index in [-0.39, 0.29) is 5.82 Å². The van der Waals surface area contributed by atoms with Gasteiger partial charge in [-0.3, -0.25) is 0 Å². The average Bonchev–Trinajstić information content (AvgIpc) is 3.19. The normalized spacial score (nSPS) is 15.1. The summed E-state index contributed by atoms with van der Waals surface area (Å²) in [6.45, 7) is 2.04. The molecule has 0 radical (unpaired) electrons. The molecule has 1 aromatic carbocycles. The number of nitrogens with two attached hydrogens (primary N) is 1. The van der Waals surface area contributed by atoms with Crippen molar-refractivity contribution in [3.8, 4) is 22.4 Å². The summed E-state index contributed by atoms with van der Waals surface area (Å²) in [6.07, 6.45) is 3.95. The lowest BCUT2D eigenvalue weighted by atomic mass is 9.94. The fourth-order valence-electron chi connectivity index (χ4n) is 4.18. The Bertz CT molecular complexity index is 1180. The number of aromatic amines is 1. The number of fused-ring (bicyclic) bond motifs is 1. The number of rotatable bonds is 3. The van der Waals surface area contributed by atoms with Crippen LogP contribution in [0.5, 0.6) is 0 Å². The molecule has 0 bridgehead atoms. The molecule has 4 N–H and O–H groups in total. The van der Waals surface area contributed by atoms with E-state index < -0.39 is 0 Å². The van der Waals surface area contributed by atoms with Gasteiger partial charge in [0.05, 0.1) is 5.69 Å². The number of benzene rings is 1. The van der Waals surface area contributed by atoms with Crippen LogP contribution in [0.3, 0.4) is 0 Å². The molecule has 6 heteroatoms. The van der Waals surface area contributed by atoms with E-state index in [4.69, 9.17) is 5.73 Å². The van der Waals surface area contributed by atoms with Crippen molar-refractivity contribution >= 4 is 16.9 Å². The Kier molecular flexibility index (Phi) is 4.48. The third-order valence-electron chi connectivity index (χ3n) is 5.67. The second kappa shape index (κ2) is 7.29. The van der Waals surface area contributed by atoms with Crippen LogP contribution < -0.4 is 11.1 Å². The highest BCUT2D eigenvalue weighted by Gasteiger charge is 2.20. The summed E-state index contributed by atoms with van der Waals surface area (Å²) < 4.78 is 14.5. The molecule has 146 valence electrons. The third kappa shape index (κ3) is 3.25. The number of nitrogens with zero attached hydrogens (tertiary/aromatic N) is 2. The van der Waals surface area contributed by atoms with Crippen LogP contribution in [-0.4, -0.2) is 28.0 Å². The Labute approximate surface area is 168 Å². The van der Waals surface area contributed by atoms with Crippen LogP contribution in [0.25, 0.3) is 33.4 Å². The first-order valence-corrected chi connectivity index (χ1v) is 9.91. The Morgan fingerprint density at radius 1 is 0.966 bits per heavy atom. The van der Waals surface area contributed by atoms with E-state index in [0.29, 0.717) is 23.0 Å². The molecule has 0 saturated carbocycles. The summed E-state index contributed by atoms with van der Waals surface area (Å²) in [5, 5.41) is 4.39. The van der Waals surface area contributed by atoms with Crippen molar-refractivity contribution < 1.29 is 4.39 Å². The number of anilines is 1. The fraction of sp³-hybridized carbons (Fsp3) is 0.217. The molecule has 0 spiro atoms. The monoisotopic (exact) mass is 387 g/mol. The van der Waals surface area contributed by atoms with Gasteiger partial charge in [0.2, 0.25) is 0 Å². The molecule has 0 amide bonds. The number of nitrogen functional groups attached to an aromatic ring is 1. The van der Waals surface area contributed by atoms with E-state index in [1.54, 1.807) is 24.4 Å². The van der Waals surface area contributed by atoms with Crippen LogP contribution in [0, 0.1) is 5.82 Å². The number of H-pyrrole nitrogens is 1. The minimum absolute atomic E-state index is 0.282. The van der Waals surface area contributed by atoms with Gasteiger partial charge in [0, 0.05) is 39.9 Å². The topological polar surface area (TPSA) is 79.6 Å². The summed E-state index contributed by atoms with van der Waals surface area (Å²) in [5.74, 6) is 0.604. The minimum atomic E-state index is -0.282. The molecule has 0 unspecified atom stereocenters. The molecule has 1 aliphatic rings. The SMILES string of the molecule is Nc1ccc(-c2ccccc2F)c(-c2ccnc3[nH]c(C4CCNCC4)cc23)n1. The van der Waals surface area contributed by atoms with Gasteiger partial charge < -0.3 is 16.0 Å². The molecular weight excluding hydrogens is 365 g/mol. The predicted molar refractivity (Wildman–Crippen MR) is 114 cm³/mol. The third-order valence-corrected chi connectivity index (χ3v) is 5.67. The van der Waals surface area contributed by atoms with E-state index in [1.165, 1.54) is 11.8 Å². The summed E-state index contributed by atoms with van der Waals surface area (Å²) in [5.41, 5.74) is 10.8. The summed E-state index contributed by atoms with van der Waals surface area (Å²) >= 11 is 0. The first kappa shape index (κ1) is 17.8. The number of hydrogen-bond acceptors (Lipinski definition) is 4. The molecule has 29 heavy (non-hydrogen) atoms. The Morgan fingerprint density at radius 2 is 1.79 bits per heavy atom. The first-order chi connectivity index (χ1) is 14.2. The smallest absolute Gasteiger partial charge is 0.138 e. The van der Waals surface area contributed by atoms with Crippen LogP contribution in [0.2, 0.25) is 0 Å². The van der Waals surface area contributed by atoms with Gasteiger partial charge in [-0.05, 0) is 56.3 Å². The Hall–Kier alpha value is -3.25. The molecule has 1 saturated heterocycles. The van der Waals surface area contributed by atoms with Gasteiger partial charge in [-0.1, -0.05) is 18.2 Å². The van der Waals surface area contributed by atoms with Crippen molar-refractivity contribution in [3.63, 3.8) is 0 Å². The zero-order chi connectivity index (χ0) is 19.8. The van der Waals surface area contributed by atoms with Crippen molar-refractivity contribution in [2.45, 2.75) is 18.8 Å². The van der Waals surface area contributed by atoms with Gasteiger partial charge in [0.1, 0.15) is 17.3 Å². The molecule has 1 fully saturated rings. The number of pyridine rings is 2. The predicted octanol–water partition coefficient (Wildman–Crippen LogP) is 4.48. The van der Waals surface area contributed by atoms with Crippen LogP contribution in [-0.2, 0) is 0 Å². The highest BCUT2D eigenvalue weighted by Crippen LogP contribution is 2.37. The molecule has 5 nitrogen and oxygen atoms in total. The molecular formula is C23H22FN5. The highest BCUT2D eigenvalue weighted by atomic mass is 19.1. The zero-order valence-corrected chi connectivity index (χ0v) is 16.0. The first-order valence-electron chi connectivity index (χ1n) is 9.91. The van der Waals surface area contributed by atoms with Crippen molar-refractivity contribution in [1.82, 2.24) is 20.3 Å². The van der Waals surface area contributed by atoms with Crippen LogP contribution in [0.4, 0.5) is 10.2 Å². The van der Waals surface area contributed by atoms with Crippen LogP contribution >= 0.6 is 0 Å². The van der Waals surface area contributed by atoms with E-state index in [2.05, 4.69) is 26.3 Å². The lowest BCUT2D eigenvalue weighted by Crippen LogP contribution is -2.26. The Morgan fingerprint density at radius 3 is 2.62 bits per heavy atom. The minimum Gasteiger partial charge on any atom is -0.384 e. The molecule has 4 aromatic rings. The molecule has 3 aromatic heterocycles. The van der Waals surface area contributed by atoms with Crippen molar-refractivity contribution in [2.75, 3.05) is 18.8 Å². The van der Waals surface area contributed by atoms with Gasteiger partial charge in [-0.15, -0.1) is 0 Å². The largest absolute Gasteiger partial charge is 0.384 e. The quantitative estimate of drug-likeness (QED) is 0.484. The van der Waals surface area contributed by atoms with E-state index >= 15 is 0 Å². The highest BCUT2D eigenvalue weighted by molar-refractivity contribution is 5.97. The van der Waals surface area contributed by atoms with E-state index in [1.807, 2.05) is 18.2 Å². The molecule has 5 rings (SSSR count). The van der Waals surface area contributed by atoms with Crippen molar-refractivity contribution in [2.24, 2.45) is 0 Å². The summed E-state index contributed by atoms with van der Waals surface area (Å²) in [4.78, 5) is 12.6. The number of nitrogens with one attached hydrogen (secondary N) is 2. The second-order valence-electron chi connectivity index (χ2n) is 7.48. The Balaban J connectivity index is 1.69. The maximum absolute atomic E-state index is 14.5. The summed E-state index contributed by atoms with van der Waals surface area (Å²) in [7, 11) is 0. The van der Waals surface area contributed by atoms with Gasteiger partial charge in [0.15, 0.2) is 0 Å². The number of hydrogen-bond donors (Lipinski definition) is 3. The lowest BCUT2D eigenvalue weighted by Gasteiger charge is -2.21. The zero-order valence-electron chi connectivity index (χ0n) is 16.0. The van der Waals surface area contributed by atoms with Gasteiger partial charge in [-0.25, -0.2) is 14.4 Å². The number of halogens is 1. The molecule has 0 aliphatic carbocycles. The fourth-order valence-corrected chi connectivity index (χ4v) is 4.18. The van der Waals surface area contributed by atoms with Gasteiger partial charge in [-0.2, -0.15) is 0 Å². The number of aromatic nitrogens is 3. The van der Waals surface area contributed by atoms with Gasteiger partial charge in [0.25, 0.3) is 0 Å². The van der Waals surface area contributed by atoms with Crippen molar-refractivity contribution in [1.29, 1.82) is 0 Å². The standard InChI is InChI=1S/C23H22FN5/c24-19-4-2-1-3-15(19)16-5-6-21(25)29-22(16)17-9-12-27-23-18(17)13-20(28-23)14-7-10-26-11-8-14/h1-6,9,12-14,26H,7-8,10-11H2,(H2,25,29)(H,27,28). The van der Waals surface area contributed by atoms with Gasteiger partial charge >= 0.3 is 0 Å². The molecule has 1 aliphatic heterocycles. The lowest BCUT2D eigenvalue weighted by molar-refractivity contribution is 0.455. The maximum Gasteiger partial charge on any atom is 0.138 e. The summed E-state index contributed by atoms with van der Waals surface area (Å²) in [6, 6.07) is 14.4. The molecule has 4 heterocycles. The second-order valence-corrected chi connectivity index (χ2v) is 7.48. The average molecular weight is 387 g/mol.